The third-order valence-corrected chi connectivity index (χ3v) is 5.72. The third-order valence-electron chi connectivity index (χ3n) is 4.89. The van der Waals surface area contributed by atoms with Crippen molar-refractivity contribution in [1.82, 2.24) is 4.68 Å². The van der Waals surface area contributed by atoms with Gasteiger partial charge in [0.15, 0.2) is 0 Å². The van der Waals surface area contributed by atoms with E-state index in [0.29, 0.717) is 33.0 Å². The van der Waals surface area contributed by atoms with E-state index < -0.39 is 17.7 Å². The number of ether oxygens (including phenoxy) is 1. The van der Waals surface area contributed by atoms with E-state index in [1.807, 2.05) is 0 Å². The molecule has 0 saturated heterocycles. The summed E-state index contributed by atoms with van der Waals surface area (Å²) in [7, 11) is 1.46. The minimum absolute atomic E-state index is 0.103. The van der Waals surface area contributed by atoms with Crippen LogP contribution in [0.25, 0.3) is 10.9 Å². The van der Waals surface area contributed by atoms with E-state index in [-0.39, 0.29) is 5.69 Å². The summed E-state index contributed by atoms with van der Waals surface area (Å²) in [5.74, 6) is -2.02. The average molecular weight is 542 g/mol. The van der Waals surface area contributed by atoms with Gasteiger partial charge in [-0.05, 0) is 48.5 Å². The number of rotatable bonds is 5. The van der Waals surface area contributed by atoms with Gasteiger partial charge in [-0.1, -0.05) is 51.8 Å². The number of carbonyl (C=O) groups is 3. The fourth-order valence-corrected chi connectivity index (χ4v) is 3.86. The fourth-order valence-electron chi connectivity index (χ4n) is 3.30. The zero-order valence-corrected chi connectivity index (χ0v) is 20.1. The molecule has 0 fully saturated rings. The van der Waals surface area contributed by atoms with Crippen LogP contribution in [0, 0.1) is 0 Å². The normalized spacial score (nSPS) is 10.6. The maximum atomic E-state index is 13.1. The van der Waals surface area contributed by atoms with Crippen molar-refractivity contribution in [3.05, 3.63) is 88.0 Å². The van der Waals surface area contributed by atoms with Gasteiger partial charge in [0.2, 0.25) is 0 Å². The van der Waals surface area contributed by atoms with Gasteiger partial charge in [0.1, 0.15) is 11.4 Å². The Morgan fingerprint density at radius 2 is 1.59 bits per heavy atom. The molecule has 1 aromatic heterocycles. The number of hydrogen-bond donors (Lipinski definition) is 3. The van der Waals surface area contributed by atoms with Crippen LogP contribution in [0.3, 0.4) is 0 Å². The molecule has 8 nitrogen and oxygen atoms in total. The van der Waals surface area contributed by atoms with Gasteiger partial charge >= 0.3 is 11.8 Å². The predicted molar refractivity (Wildman–Crippen MR) is 135 cm³/mol. The molecule has 0 aliphatic rings. The molecule has 0 aliphatic carbocycles. The number of carbonyl (C=O) groups excluding carboxylic acids is 3. The van der Waals surface area contributed by atoms with E-state index in [1.54, 1.807) is 72.8 Å². The molecular formula is C24H18BrClN4O4. The largest absolute Gasteiger partial charge is 0.495 e. The van der Waals surface area contributed by atoms with Crippen molar-refractivity contribution in [3.8, 4) is 5.75 Å². The van der Waals surface area contributed by atoms with Gasteiger partial charge in [-0.2, -0.15) is 0 Å². The maximum absolute atomic E-state index is 13.1. The van der Waals surface area contributed by atoms with Gasteiger partial charge in [-0.3, -0.25) is 19.8 Å². The second-order valence-corrected chi connectivity index (χ2v) is 8.42. The standard InChI is InChI=1S/C24H18BrClN4O4/c1-34-21-9-5-4-8-18(21)28-23(32)24(33)29-30-19-11-10-15(25)12-14(19)13-20(30)22(31)27-17-7-3-2-6-16(17)26/h2-13H,1H3,(H,27,31)(H,28,32)(H,29,33). The Balaban J connectivity index is 1.64. The van der Waals surface area contributed by atoms with E-state index in [2.05, 4.69) is 32.0 Å². The molecule has 172 valence electrons. The molecule has 0 unspecified atom stereocenters. The summed E-state index contributed by atoms with van der Waals surface area (Å²) in [6.07, 6.45) is 0. The van der Waals surface area contributed by atoms with Crippen molar-refractivity contribution in [2.75, 3.05) is 23.2 Å². The highest BCUT2D eigenvalue weighted by Gasteiger charge is 2.22. The summed E-state index contributed by atoms with van der Waals surface area (Å²) in [6.45, 7) is 0. The fraction of sp³-hybridized carbons (Fsp3) is 0.0417. The van der Waals surface area contributed by atoms with Crippen LogP contribution in [0.2, 0.25) is 5.02 Å². The number of nitrogens with zero attached hydrogens (tertiary/aromatic N) is 1. The number of halogens is 2. The second kappa shape index (κ2) is 9.98. The highest BCUT2D eigenvalue weighted by molar-refractivity contribution is 9.10. The smallest absolute Gasteiger partial charge is 0.328 e. The minimum Gasteiger partial charge on any atom is -0.495 e. The van der Waals surface area contributed by atoms with Crippen LogP contribution in [-0.4, -0.2) is 29.5 Å². The summed E-state index contributed by atoms with van der Waals surface area (Å²) in [5, 5.41) is 6.27. The Hall–Kier alpha value is -3.82. The first kappa shape index (κ1) is 23.3. The molecule has 34 heavy (non-hydrogen) atoms. The lowest BCUT2D eigenvalue weighted by Crippen LogP contribution is -2.36. The number of para-hydroxylation sites is 3. The maximum Gasteiger partial charge on any atom is 0.328 e. The number of benzene rings is 3. The van der Waals surface area contributed by atoms with E-state index in [4.69, 9.17) is 16.3 Å². The molecule has 4 aromatic rings. The van der Waals surface area contributed by atoms with Crippen LogP contribution < -0.4 is 20.8 Å². The zero-order valence-electron chi connectivity index (χ0n) is 17.8. The first-order valence-electron chi connectivity index (χ1n) is 9.99. The Labute approximate surface area is 207 Å². The van der Waals surface area contributed by atoms with Crippen molar-refractivity contribution in [1.29, 1.82) is 0 Å². The van der Waals surface area contributed by atoms with Crippen molar-refractivity contribution in [2.24, 2.45) is 0 Å². The zero-order chi connectivity index (χ0) is 24.2. The molecule has 0 saturated carbocycles. The number of fused-ring (bicyclic) bond motifs is 1. The first-order chi connectivity index (χ1) is 16.4. The highest BCUT2D eigenvalue weighted by Crippen LogP contribution is 2.26. The van der Waals surface area contributed by atoms with Crippen molar-refractivity contribution >= 4 is 67.5 Å². The van der Waals surface area contributed by atoms with Gasteiger partial charge in [-0.25, -0.2) is 4.68 Å². The molecule has 3 N–H and O–H groups in total. The number of anilines is 2. The van der Waals surface area contributed by atoms with E-state index in [1.165, 1.54) is 11.8 Å². The van der Waals surface area contributed by atoms with E-state index >= 15 is 0 Å². The van der Waals surface area contributed by atoms with Crippen molar-refractivity contribution in [2.45, 2.75) is 0 Å². The van der Waals surface area contributed by atoms with Gasteiger partial charge < -0.3 is 15.4 Å². The molecular weight excluding hydrogens is 524 g/mol. The lowest BCUT2D eigenvalue weighted by Gasteiger charge is -2.14. The molecule has 10 heteroatoms. The van der Waals surface area contributed by atoms with Gasteiger partial charge in [-0.15, -0.1) is 0 Å². The Morgan fingerprint density at radius 1 is 0.882 bits per heavy atom. The molecule has 0 bridgehead atoms. The number of hydrogen-bond acceptors (Lipinski definition) is 4. The van der Waals surface area contributed by atoms with Crippen molar-refractivity contribution in [3.63, 3.8) is 0 Å². The highest BCUT2D eigenvalue weighted by atomic mass is 79.9. The number of methoxy groups -OCH3 is 1. The average Bonchev–Trinajstić information content (AvgIpc) is 3.18. The lowest BCUT2D eigenvalue weighted by molar-refractivity contribution is -0.133. The molecule has 0 atom stereocenters. The molecule has 0 spiro atoms. The number of aromatic nitrogens is 1. The van der Waals surface area contributed by atoms with E-state index in [0.717, 1.165) is 4.47 Å². The second-order valence-electron chi connectivity index (χ2n) is 7.10. The first-order valence-corrected chi connectivity index (χ1v) is 11.2. The summed E-state index contributed by atoms with van der Waals surface area (Å²) in [5.41, 5.74) is 3.88. The van der Waals surface area contributed by atoms with Crippen LogP contribution in [0.5, 0.6) is 5.75 Å². The van der Waals surface area contributed by atoms with Crippen LogP contribution in [0.15, 0.2) is 77.3 Å². The summed E-state index contributed by atoms with van der Waals surface area (Å²) in [4.78, 5) is 38.5. The monoisotopic (exact) mass is 540 g/mol. The molecule has 0 radical (unpaired) electrons. The minimum atomic E-state index is -0.974. The van der Waals surface area contributed by atoms with Crippen LogP contribution in [0.4, 0.5) is 11.4 Å². The van der Waals surface area contributed by atoms with Gasteiger partial charge in [0, 0.05) is 9.86 Å². The van der Waals surface area contributed by atoms with Gasteiger partial charge in [0.25, 0.3) is 5.91 Å². The van der Waals surface area contributed by atoms with E-state index in [9.17, 15) is 14.4 Å². The van der Waals surface area contributed by atoms with Crippen LogP contribution in [0.1, 0.15) is 10.5 Å². The predicted octanol–water partition coefficient (Wildman–Crippen LogP) is 5.03. The Bertz CT molecular complexity index is 1420. The third kappa shape index (κ3) is 4.90. The van der Waals surface area contributed by atoms with Crippen molar-refractivity contribution < 1.29 is 19.1 Å². The Kier molecular flexibility index (Phi) is 6.85. The summed E-state index contributed by atoms with van der Waals surface area (Å²) < 4.78 is 7.25. The summed E-state index contributed by atoms with van der Waals surface area (Å²) in [6, 6.07) is 20.3. The molecule has 3 aromatic carbocycles. The van der Waals surface area contributed by atoms with Gasteiger partial charge in [0.05, 0.1) is 29.0 Å². The SMILES string of the molecule is COc1ccccc1NC(=O)C(=O)Nn1c(C(=O)Nc2ccccc2Cl)cc2cc(Br)ccc21. The topological polar surface area (TPSA) is 101 Å². The molecule has 3 amide bonds. The van der Waals surface area contributed by atoms with Crippen LogP contribution >= 0.6 is 27.5 Å². The lowest BCUT2D eigenvalue weighted by atomic mass is 10.2. The quantitative estimate of drug-likeness (QED) is 0.309. The Morgan fingerprint density at radius 3 is 2.32 bits per heavy atom. The number of nitrogens with one attached hydrogen (secondary N) is 3. The summed E-state index contributed by atoms with van der Waals surface area (Å²) >= 11 is 9.56. The number of amides is 3. The molecule has 1 heterocycles. The molecule has 0 aliphatic heterocycles. The molecule has 4 rings (SSSR count). The van der Waals surface area contributed by atoms with Crippen LogP contribution in [-0.2, 0) is 9.59 Å².